The number of amides is 1. The first-order chi connectivity index (χ1) is 12.3. The van der Waals surface area contributed by atoms with Crippen molar-refractivity contribution in [1.29, 1.82) is 0 Å². The van der Waals surface area contributed by atoms with E-state index in [0.717, 1.165) is 0 Å². The molecule has 1 fully saturated rings. The quantitative estimate of drug-likeness (QED) is 0.812. The van der Waals surface area contributed by atoms with Crippen LogP contribution in [-0.2, 0) is 16.1 Å². The van der Waals surface area contributed by atoms with Crippen LogP contribution in [0.25, 0.3) is 11.5 Å². The van der Waals surface area contributed by atoms with Crippen molar-refractivity contribution >= 4 is 5.91 Å². The molecule has 2 aromatic heterocycles. The minimum atomic E-state index is -2.88. The highest BCUT2D eigenvalue weighted by Gasteiger charge is 2.26. The first-order valence-corrected chi connectivity index (χ1v) is 8.09. The maximum absolute atomic E-state index is 12.5. The molecule has 3 rings (SSSR count). The van der Waals surface area contributed by atoms with Crippen molar-refractivity contribution in [2.24, 2.45) is 0 Å². The summed E-state index contributed by atoms with van der Waals surface area (Å²) >= 11 is 0. The lowest BCUT2D eigenvalue weighted by molar-refractivity contribution is -0.143. The zero-order chi connectivity index (χ0) is 18.8. The SMILES string of the molecule is C[C@@H]1CN(C(=O)Cn2ccc(-c3nnc(C(F)F)o3)cc2=O)C[C@@H](C)O1. The smallest absolute Gasteiger partial charge is 0.314 e. The van der Waals surface area contributed by atoms with E-state index in [2.05, 4.69) is 10.2 Å². The van der Waals surface area contributed by atoms with E-state index < -0.39 is 17.9 Å². The lowest BCUT2D eigenvalue weighted by Gasteiger charge is -2.35. The number of aromatic nitrogens is 3. The van der Waals surface area contributed by atoms with Crippen molar-refractivity contribution in [2.75, 3.05) is 13.1 Å². The summed E-state index contributed by atoms with van der Waals surface area (Å²) < 4.78 is 36.6. The van der Waals surface area contributed by atoms with E-state index in [1.807, 2.05) is 13.8 Å². The zero-order valence-corrected chi connectivity index (χ0v) is 14.3. The molecule has 0 radical (unpaired) electrons. The number of nitrogens with zero attached hydrogens (tertiary/aromatic N) is 4. The van der Waals surface area contributed by atoms with Crippen LogP contribution in [0.3, 0.4) is 0 Å². The van der Waals surface area contributed by atoms with E-state index >= 15 is 0 Å². The molecule has 2 aromatic rings. The predicted octanol–water partition coefficient (Wildman–Crippen LogP) is 1.47. The van der Waals surface area contributed by atoms with Crippen molar-refractivity contribution in [3.05, 3.63) is 34.6 Å². The van der Waals surface area contributed by atoms with Gasteiger partial charge in [0.05, 0.1) is 12.2 Å². The lowest BCUT2D eigenvalue weighted by atomic mass is 10.2. The molecule has 2 atom stereocenters. The Bertz CT molecular complexity index is 841. The van der Waals surface area contributed by atoms with Gasteiger partial charge in [0.1, 0.15) is 6.54 Å². The molecule has 1 saturated heterocycles. The number of carbonyl (C=O) groups is 1. The first-order valence-electron chi connectivity index (χ1n) is 8.09. The van der Waals surface area contributed by atoms with Gasteiger partial charge in [-0.25, -0.2) is 0 Å². The largest absolute Gasteiger partial charge is 0.415 e. The Labute approximate surface area is 147 Å². The van der Waals surface area contributed by atoms with Crippen LogP contribution in [-0.4, -0.2) is 50.9 Å². The number of halogens is 2. The Hall–Kier alpha value is -2.62. The second kappa shape index (κ2) is 7.32. The van der Waals surface area contributed by atoms with E-state index in [-0.39, 0.29) is 36.1 Å². The third-order valence-corrected chi connectivity index (χ3v) is 3.95. The molecule has 26 heavy (non-hydrogen) atoms. The van der Waals surface area contributed by atoms with Crippen LogP contribution in [0.4, 0.5) is 8.78 Å². The fraction of sp³-hybridized carbons (Fsp3) is 0.500. The molecule has 0 unspecified atom stereocenters. The van der Waals surface area contributed by atoms with Gasteiger partial charge in [-0.3, -0.25) is 9.59 Å². The Balaban J connectivity index is 1.73. The average Bonchev–Trinajstić information content (AvgIpc) is 3.06. The van der Waals surface area contributed by atoms with Gasteiger partial charge in [0.25, 0.3) is 11.4 Å². The van der Waals surface area contributed by atoms with Crippen LogP contribution >= 0.6 is 0 Å². The highest BCUT2D eigenvalue weighted by atomic mass is 19.3. The number of alkyl halides is 2. The number of carbonyl (C=O) groups excluding carboxylic acids is 1. The van der Waals surface area contributed by atoms with Crippen molar-refractivity contribution in [1.82, 2.24) is 19.7 Å². The number of hydrogen-bond donors (Lipinski definition) is 0. The molecule has 0 N–H and O–H groups in total. The molecular formula is C16H18F2N4O4. The minimum Gasteiger partial charge on any atom is -0.415 e. The van der Waals surface area contributed by atoms with E-state index in [4.69, 9.17) is 9.15 Å². The van der Waals surface area contributed by atoms with E-state index in [9.17, 15) is 18.4 Å². The van der Waals surface area contributed by atoms with Crippen LogP contribution < -0.4 is 5.56 Å². The topological polar surface area (TPSA) is 90.5 Å². The summed E-state index contributed by atoms with van der Waals surface area (Å²) in [6, 6.07) is 2.63. The van der Waals surface area contributed by atoms with Gasteiger partial charge in [0.15, 0.2) is 0 Å². The maximum Gasteiger partial charge on any atom is 0.314 e. The molecule has 0 saturated carbocycles. The fourth-order valence-electron chi connectivity index (χ4n) is 2.84. The van der Waals surface area contributed by atoms with Gasteiger partial charge in [0.2, 0.25) is 11.8 Å². The lowest BCUT2D eigenvalue weighted by Crippen LogP contribution is -2.49. The van der Waals surface area contributed by atoms with Gasteiger partial charge in [-0.05, 0) is 19.9 Å². The molecule has 3 heterocycles. The Kier molecular flexibility index (Phi) is 5.12. The third kappa shape index (κ3) is 3.96. The molecule has 1 aliphatic heterocycles. The molecule has 8 nitrogen and oxygen atoms in total. The van der Waals surface area contributed by atoms with E-state index in [1.54, 1.807) is 4.90 Å². The molecule has 10 heteroatoms. The third-order valence-electron chi connectivity index (χ3n) is 3.95. The highest BCUT2D eigenvalue weighted by molar-refractivity contribution is 5.76. The monoisotopic (exact) mass is 368 g/mol. The van der Waals surface area contributed by atoms with Crippen LogP contribution in [0.1, 0.15) is 26.2 Å². The van der Waals surface area contributed by atoms with Gasteiger partial charge in [-0.1, -0.05) is 0 Å². The van der Waals surface area contributed by atoms with Gasteiger partial charge in [-0.15, -0.1) is 10.2 Å². The van der Waals surface area contributed by atoms with Crippen LogP contribution in [0.2, 0.25) is 0 Å². The Morgan fingerprint density at radius 2 is 2.00 bits per heavy atom. The molecule has 0 aliphatic carbocycles. The normalized spacial score (nSPS) is 20.6. The van der Waals surface area contributed by atoms with Crippen molar-refractivity contribution < 1.29 is 22.7 Å². The van der Waals surface area contributed by atoms with Gasteiger partial charge >= 0.3 is 6.43 Å². The number of pyridine rings is 1. The highest BCUT2D eigenvalue weighted by Crippen LogP contribution is 2.22. The van der Waals surface area contributed by atoms with Crippen LogP contribution in [0.5, 0.6) is 0 Å². The van der Waals surface area contributed by atoms with E-state index in [1.165, 1.54) is 22.9 Å². The Morgan fingerprint density at radius 3 is 2.58 bits per heavy atom. The predicted molar refractivity (Wildman–Crippen MR) is 85.5 cm³/mol. The second-order valence-corrected chi connectivity index (χ2v) is 6.18. The average molecular weight is 368 g/mol. The Morgan fingerprint density at radius 1 is 1.31 bits per heavy atom. The standard InChI is InChI=1S/C16H18F2N4O4/c1-9-6-22(7-10(2)25-9)13(24)8-21-4-3-11(5-12(21)23)15-19-20-16(26-15)14(17)18/h3-5,9-10,14H,6-8H2,1-2H3/t9-,10-/m1/s1. The summed E-state index contributed by atoms with van der Waals surface area (Å²) in [6.07, 6.45) is -1.62. The summed E-state index contributed by atoms with van der Waals surface area (Å²) in [5, 5.41) is 6.72. The maximum atomic E-state index is 12.5. The molecule has 0 spiro atoms. The van der Waals surface area contributed by atoms with Gasteiger partial charge < -0.3 is 18.6 Å². The van der Waals surface area contributed by atoms with Crippen LogP contribution in [0, 0.1) is 0 Å². The van der Waals surface area contributed by atoms with Gasteiger partial charge in [-0.2, -0.15) is 8.78 Å². The summed E-state index contributed by atoms with van der Waals surface area (Å²) in [6.45, 7) is 4.58. The van der Waals surface area contributed by atoms with E-state index in [0.29, 0.717) is 13.1 Å². The second-order valence-electron chi connectivity index (χ2n) is 6.18. The molecule has 0 bridgehead atoms. The number of hydrogen-bond acceptors (Lipinski definition) is 6. The molecular weight excluding hydrogens is 350 g/mol. The molecule has 1 amide bonds. The number of rotatable bonds is 4. The summed E-state index contributed by atoms with van der Waals surface area (Å²) in [7, 11) is 0. The number of ether oxygens (including phenoxy) is 1. The number of morpholine rings is 1. The fourth-order valence-corrected chi connectivity index (χ4v) is 2.84. The van der Waals surface area contributed by atoms with Crippen molar-refractivity contribution in [3.8, 4) is 11.5 Å². The molecule has 1 aliphatic rings. The molecule has 0 aromatic carbocycles. The summed E-state index contributed by atoms with van der Waals surface area (Å²) in [4.78, 5) is 26.3. The van der Waals surface area contributed by atoms with Crippen LogP contribution in [0.15, 0.2) is 27.5 Å². The minimum absolute atomic E-state index is 0.0663. The molecule has 140 valence electrons. The summed E-state index contributed by atoms with van der Waals surface area (Å²) in [5.41, 5.74) is -0.256. The van der Waals surface area contributed by atoms with Crippen molar-refractivity contribution in [2.45, 2.75) is 39.0 Å². The summed E-state index contributed by atoms with van der Waals surface area (Å²) in [5.74, 6) is -1.18. The van der Waals surface area contributed by atoms with Crippen molar-refractivity contribution in [3.63, 3.8) is 0 Å². The zero-order valence-electron chi connectivity index (χ0n) is 14.3. The first kappa shape index (κ1) is 18.2. The van der Waals surface area contributed by atoms with Gasteiger partial charge in [0, 0.05) is 30.9 Å².